The van der Waals surface area contributed by atoms with Crippen LogP contribution in [0.15, 0.2) is 53.4 Å². The fourth-order valence-electron chi connectivity index (χ4n) is 2.13. The van der Waals surface area contributed by atoms with Crippen LogP contribution in [0.5, 0.6) is 0 Å². The Bertz CT molecular complexity index is 709. The Kier molecular flexibility index (Phi) is 4.53. The smallest absolute Gasteiger partial charge is 0.264 e. The molecular weight excluding hydrogens is 284 g/mol. The van der Waals surface area contributed by atoms with Crippen molar-refractivity contribution in [1.82, 2.24) is 0 Å². The minimum absolute atomic E-state index is 0.282. The fraction of sp³-hybridized carbons (Fsp3) is 0.250. The maximum Gasteiger partial charge on any atom is 0.264 e. The lowest BCUT2D eigenvalue weighted by atomic mass is 10.2. The second-order valence-electron chi connectivity index (χ2n) is 4.95. The Morgan fingerprint density at radius 1 is 1.05 bits per heavy atom. The van der Waals surface area contributed by atoms with E-state index >= 15 is 0 Å². The van der Waals surface area contributed by atoms with Gasteiger partial charge in [-0.1, -0.05) is 36.8 Å². The number of nitrogens with two attached hydrogens (primary N) is 1. The standard InChI is InChI=1S/C16H20N2O2S/c1-3-12-18(16-7-5-4-6-15(16)17)21(19,20)14-10-8-13(2)9-11-14/h4-11H,3,12,17H2,1-2H3. The number of aryl methyl sites for hydroxylation is 1. The second-order valence-corrected chi connectivity index (χ2v) is 6.81. The largest absolute Gasteiger partial charge is 0.397 e. The van der Waals surface area contributed by atoms with Crippen LogP contribution in [0.25, 0.3) is 0 Å². The monoisotopic (exact) mass is 304 g/mol. The molecule has 2 aromatic carbocycles. The molecule has 0 aliphatic rings. The van der Waals surface area contributed by atoms with Crippen LogP contribution in [0, 0.1) is 6.92 Å². The van der Waals surface area contributed by atoms with Gasteiger partial charge >= 0.3 is 0 Å². The average Bonchev–Trinajstić information content (AvgIpc) is 2.46. The van der Waals surface area contributed by atoms with E-state index < -0.39 is 10.0 Å². The summed E-state index contributed by atoms with van der Waals surface area (Å²) in [6, 6.07) is 13.9. The first-order valence-electron chi connectivity index (χ1n) is 6.90. The van der Waals surface area contributed by atoms with Crippen LogP contribution < -0.4 is 10.0 Å². The molecular formula is C16H20N2O2S. The third kappa shape index (κ3) is 3.19. The molecule has 0 bridgehead atoms. The van der Waals surface area contributed by atoms with Crippen molar-refractivity contribution in [2.45, 2.75) is 25.2 Å². The van der Waals surface area contributed by atoms with Gasteiger partial charge in [0, 0.05) is 6.54 Å². The van der Waals surface area contributed by atoms with E-state index in [2.05, 4.69) is 0 Å². The molecule has 0 aromatic heterocycles. The first kappa shape index (κ1) is 15.4. The van der Waals surface area contributed by atoms with E-state index in [-0.39, 0.29) is 4.90 Å². The number of benzene rings is 2. The molecule has 0 unspecified atom stereocenters. The number of hydrogen-bond donors (Lipinski definition) is 1. The van der Waals surface area contributed by atoms with E-state index in [9.17, 15) is 8.42 Å². The first-order valence-corrected chi connectivity index (χ1v) is 8.34. The van der Waals surface area contributed by atoms with Gasteiger partial charge in [-0.25, -0.2) is 8.42 Å². The zero-order valence-corrected chi connectivity index (χ0v) is 13.1. The first-order chi connectivity index (χ1) is 9.96. The molecule has 0 saturated heterocycles. The molecule has 0 atom stereocenters. The third-order valence-corrected chi connectivity index (χ3v) is 5.07. The van der Waals surface area contributed by atoms with Crippen molar-refractivity contribution in [3.05, 3.63) is 54.1 Å². The molecule has 0 saturated carbocycles. The molecule has 0 radical (unpaired) electrons. The van der Waals surface area contributed by atoms with Crippen LogP contribution in [0.3, 0.4) is 0 Å². The Morgan fingerprint density at radius 3 is 2.24 bits per heavy atom. The summed E-state index contributed by atoms with van der Waals surface area (Å²) < 4.78 is 27.1. The number of para-hydroxylation sites is 2. The third-order valence-electron chi connectivity index (χ3n) is 3.24. The summed E-state index contributed by atoms with van der Waals surface area (Å²) in [7, 11) is -3.60. The zero-order valence-electron chi connectivity index (χ0n) is 12.3. The van der Waals surface area contributed by atoms with Gasteiger partial charge in [-0.15, -0.1) is 0 Å². The highest BCUT2D eigenvalue weighted by Crippen LogP contribution is 2.28. The normalized spacial score (nSPS) is 11.3. The van der Waals surface area contributed by atoms with Gasteiger partial charge in [-0.2, -0.15) is 0 Å². The molecule has 0 heterocycles. The SMILES string of the molecule is CCCN(c1ccccc1N)S(=O)(=O)c1ccc(C)cc1. The minimum atomic E-state index is -3.60. The van der Waals surface area contributed by atoms with Crippen LogP contribution >= 0.6 is 0 Å². The summed E-state index contributed by atoms with van der Waals surface area (Å²) >= 11 is 0. The number of sulfonamides is 1. The van der Waals surface area contributed by atoms with Gasteiger partial charge in [0.05, 0.1) is 16.3 Å². The molecule has 4 nitrogen and oxygen atoms in total. The van der Waals surface area contributed by atoms with Crippen molar-refractivity contribution in [2.75, 3.05) is 16.6 Å². The summed E-state index contributed by atoms with van der Waals surface area (Å²) in [4.78, 5) is 0.282. The minimum Gasteiger partial charge on any atom is -0.397 e. The van der Waals surface area contributed by atoms with Crippen molar-refractivity contribution in [2.24, 2.45) is 0 Å². The molecule has 2 aromatic rings. The predicted molar refractivity (Wildman–Crippen MR) is 86.9 cm³/mol. The van der Waals surface area contributed by atoms with Crippen molar-refractivity contribution >= 4 is 21.4 Å². The highest BCUT2D eigenvalue weighted by molar-refractivity contribution is 7.92. The average molecular weight is 304 g/mol. The number of nitrogens with zero attached hydrogens (tertiary/aromatic N) is 1. The zero-order chi connectivity index (χ0) is 15.5. The van der Waals surface area contributed by atoms with Crippen molar-refractivity contribution in [3.8, 4) is 0 Å². The van der Waals surface area contributed by atoms with E-state index in [4.69, 9.17) is 5.73 Å². The van der Waals surface area contributed by atoms with Crippen LogP contribution in [0.1, 0.15) is 18.9 Å². The Balaban J connectivity index is 2.51. The molecule has 0 aliphatic heterocycles. The van der Waals surface area contributed by atoms with E-state index in [1.165, 1.54) is 4.31 Å². The van der Waals surface area contributed by atoms with Crippen LogP contribution in [0.2, 0.25) is 0 Å². The summed E-state index contributed by atoms with van der Waals surface area (Å²) in [6.45, 7) is 4.26. The molecule has 2 rings (SSSR count). The molecule has 112 valence electrons. The summed E-state index contributed by atoms with van der Waals surface area (Å²) in [6.07, 6.45) is 0.708. The summed E-state index contributed by atoms with van der Waals surface area (Å²) in [5, 5.41) is 0. The van der Waals surface area contributed by atoms with E-state index in [0.29, 0.717) is 24.3 Å². The maximum absolute atomic E-state index is 12.9. The fourth-order valence-corrected chi connectivity index (χ4v) is 3.71. The van der Waals surface area contributed by atoms with E-state index in [1.807, 2.05) is 13.8 Å². The van der Waals surface area contributed by atoms with Crippen molar-refractivity contribution < 1.29 is 8.42 Å². The maximum atomic E-state index is 12.9. The van der Waals surface area contributed by atoms with Crippen LogP contribution in [-0.2, 0) is 10.0 Å². The lowest BCUT2D eigenvalue weighted by Crippen LogP contribution is -2.32. The Morgan fingerprint density at radius 2 is 1.67 bits per heavy atom. The number of nitrogen functional groups attached to an aromatic ring is 1. The van der Waals surface area contributed by atoms with Gasteiger partial charge in [-0.3, -0.25) is 4.31 Å². The van der Waals surface area contributed by atoms with E-state index in [1.54, 1.807) is 48.5 Å². The van der Waals surface area contributed by atoms with Crippen molar-refractivity contribution in [1.29, 1.82) is 0 Å². The van der Waals surface area contributed by atoms with Gasteiger partial charge < -0.3 is 5.73 Å². The van der Waals surface area contributed by atoms with Gasteiger partial charge in [-0.05, 0) is 37.6 Å². The van der Waals surface area contributed by atoms with Gasteiger partial charge in [0.15, 0.2) is 0 Å². The lowest BCUT2D eigenvalue weighted by Gasteiger charge is -2.25. The molecule has 0 aliphatic carbocycles. The predicted octanol–water partition coefficient (Wildman–Crippen LogP) is 3.18. The summed E-state index contributed by atoms with van der Waals surface area (Å²) in [5.41, 5.74) is 7.96. The number of anilines is 2. The van der Waals surface area contributed by atoms with Crippen molar-refractivity contribution in [3.63, 3.8) is 0 Å². The molecule has 0 spiro atoms. The topological polar surface area (TPSA) is 63.4 Å². The number of rotatable bonds is 5. The lowest BCUT2D eigenvalue weighted by molar-refractivity contribution is 0.590. The second kappa shape index (κ2) is 6.18. The molecule has 0 fully saturated rings. The van der Waals surface area contributed by atoms with Gasteiger partial charge in [0.1, 0.15) is 0 Å². The van der Waals surface area contributed by atoms with Crippen LogP contribution in [-0.4, -0.2) is 15.0 Å². The molecule has 0 amide bonds. The number of hydrogen-bond acceptors (Lipinski definition) is 3. The summed E-state index contributed by atoms with van der Waals surface area (Å²) in [5.74, 6) is 0. The molecule has 21 heavy (non-hydrogen) atoms. The quantitative estimate of drug-likeness (QED) is 0.863. The Labute approximate surface area is 126 Å². The van der Waals surface area contributed by atoms with Gasteiger partial charge in [0.2, 0.25) is 0 Å². The van der Waals surface area contributed by atoms with Gasteiger partial charge in [0.25, 0.3) is 10.0 Å². The molecule has 5 heteroatoms. The highest BCUT2D eigenvalue weighted by Gasteiger charge is 2.25. The molecule has 2 N–H and O–H groups in total. The highest BCUT2D eigenvalue weighted by atomic mass is 32.2. The van der Waals surface area contributed by atoms with Crippen LogP contribution in [0.4, 0.5) is 11.4 Å². The van der Waals surface area contributed by atoms with E-state index in [0.717, 1.165) is 5.56 Å². The Hall–Kier alpha value is -2.01.